The highest BCUT2D eigenvalue weighted by atomic mass is 16.3. The Kier molecular flexibility index (Phi) is 10.3. The number of nitrogens with zero attached hydrogens (tertiary/aromatic N) is 3. The van der Waals surface area contributed by atoms with Gasteiger partial charge in [0.25, 0.3) is 0 Å². The fourth-order valence-electron chi connectivity index (χ4n) is 15.7. The summed E-state index contributed by atoms with van der Waals surface area (Å²) in [6, 6.07) is 77.5. The quantitative estimate of drug-likeness (QED) is 0.164. The van der Waals surface area contributed by atoms with Gasteiger partial charge in [-0.15, -0.1) is 0 Å². The van der Waals surface area contributed by atoms with Crippen LogP contribution in [0.3, 0.4) is 0 Å². The maximum absolute atomic E-state index is 6.98. The molecule has 1 aromatic heterocycles. The fraction of sp³-hybridized carbons (Fsp3) is 0.231. The first-order valence-corrected chi connectivity index (χ1v) is 30.2. The van der Waals surface area contributed by atoms with Gasteiger partial charge in [0.05, 0.1) is 11.1 Å². The second kappa shape index (κ2) is 17.0. The maximum Gasteiger partial charge on any atom is 0.333 e. The molecule has 0 N–H and O–H groups in total. The molecule has 4 nitrogen and oxygen atoms in total. The molecule has 5 heteroatoms. The highest BCUT2D eigenvalue weighted by molar-refractivity contribution is 6.93. The van der Waals surface area contributed by atoms with Crippen molar-refractivity contribution in [1.82, 2.24) is 0 Å². The van der Waals surface area contributed by atoms with E-state index in [0.717, 1.165) is 57.5 Å². The molecule has 0 saturated carbocycles. The second-order valence-corrected chi connectivity index (χ2v) is 28.0. The zero-order valence-electron chi connectivity index (χ0n) is 49.8. The molecule has 0 fully saturated rings. The Morgan fingerprint density at radius 3 is 1.64 bits per heavy atom. The first-order valence-electron chi connectivity index (χ1n) is 30.2. The van der Waals surface area contributed by atoms with E-state index in [4.69, 9.17) is 4.42 Å². The largest absolute Gasteiger partial charge is 0.456 e. The third-order valence-corrected chi connectivity index (χ3v) is 20.1. The van der Waals surface area contributed by atoms with Crippen LogP contribution < -0.4 is 25.5 Å². The predicted octanol–water partition coefficient (Wildman–Crippen LogP) is 19.7. The molecule has 0 radical (unpaired) electrons. The van der Waals surface area contributed by atoms with Crippen LogP contribution in [-0.4, -0.2) is 6.85 Å². The minimum Gasteiger partial charge on any atom is -0.456 e. The van der Waals surface area contributed by atoms with Crippen LogP contribution in [0.1, 0.15) is 132 Å². The van der Waals surface area contributed by atoms with Crippen molar-refractivity contribution >= 4 is 85.2 Å². The van der Waals surface area contributed by atoms with Crippen molar-refractivity contribution in [2.24, 2.45) is 0 Å². The summed E-state index contributed by atoms with van der Waals surface area (Å²) in [6.45, 7) is 25.8. The van der Waals surface area contributed by atoms with Gasteiger partial charge in [0.2, 0.25) is 0 Å². The van der Waals surface area contributed by atoms with Crippen molar-refractivity contribution in [3.63, 3.8) is 0 Å². The number of rotatable bonds is 4. The molecule has 0 amide bonds. The lowest BCUT2D eigenvalue weighted by Crippen LogP contribution is -2.63. The third kappa shape index (κ3) is 6.94. The molecule has 11 aromatic rings. The molecule has 0 unspecified atom stereocenters. The number of hydrogen-bond donors (Lipinski definition) is 0. The van der Waals surface area contributed by atoms with Gasteiger partial charge in [-0.1, -0.05) is 203 Å². The van der Waals surface area contributed by atoms with Gasteiger partial charge in [-0.05, 0) is 180 Å². The summed E-state index contributed by atoms with van der Waals surface area (Å²) in [5.41, 5.74) is 30.3. The van der Waals surface area contributed by atoms with Crippen molar-refractivity contribution in [1.29, 1.82) is 0 Å². The summed E-state index contributed by atoms with van der Waals surface area (Å²) >= 11 is 0. The molecule has 406 valence electrons. The average Bonchev–Trinajstić information content (AvgIpc) is 2.18. The molecule has 10 aromatic carbocycles. The molecule has 4 heterocycles. The SMILES string of the molecule is Cc1cc2c(cc1N1B3c4cccc5c4N(c4ccccc4C54c5ccccc5-c5ccccc54)c4cc(N(c5ccc(C(C)(C)C)cc5)c5ccc(C(C)(C)C)cc5)cc(c43)-c3cc4c(cc31)oc1ccccc14)C(C)(C)CCC2(C)C. The van der Waals surface area contributed by atoms with Gasteiger partial charge in [-0.25, -0.2) is 0 Å². The number of para-hydroxylation sites is 3. The topological polar surface area (TPSA) is 22.9 Å². The van der Waals surface area contributed by atoms with E-state index in [0.29, 0.717) is 0 Å². The summed E-state index contributed by atoms with van der Waals surface area (Å²) < 4.78 is 6.98. The van der Waals surface area contributed by atoms with Crippen molar-refractivity contribution in [2.75, 3.05) is 14.6 Å². The summed E-state index contributed by atoms with van der Waals surface area (Å²) in [4.78, 5) is 7.96. The Morgan fingerprint density at radius 2 is 1.00 bits per heavy atom. The molecule has 5 aliphatic rings. The Balaban J connectivity index is 1.06. The van der Waals surface area contributed by atoms with E-state index in [1.54, 1.807) is 0 Å². The third-order valence-electron chi connectivity index (χ3n) is 20.1. The highest BCUT2D eigenvalue weighted by Gasteiger charge is 2.56. The number of fused-ring (bicyclic) bond motifs is 17. The molecule has 0 bridgehead atoms. The molecule has 3 aliphatic heterocycles. The molecular formula is C78H70BN3O. The van der Waals surface area contributed by atoms with E-state index in [-0.39, 0.29) is 28.5 Å². The maximum atomic E-state index is 6.98. The van der Waals surface area contributed by atoms with Crippen LogP contribution in [0.25, 0.3) is 44.2 Å². The number of aryl methyl sites for hydroxylation is 1. The summed E-state index contributed by atoms with van der Waals surface area (Å²) in [5.74, 6) is 0. The highest BCUT2D eigenvalue weighted by Crippen LogP contribution is 2.65. The minimum absolute atomic E-state index is 0.00623. The first-order chi connectivity index (χ1) is 39.8. The molecule has 16 rings (SSSR count). The number of furan rings is 1. The summed E-state index contributed by atoms with van der Waals surface area (Å²) in [7, 11) is 0. The number of hydrogen-bond acceptors (Lipinski definition) is 4. The predicted molar refractivity (Wildman–Crippen MR) is 350 cm³/mol. The van der Waals surface area contributed by atoms with Crippen LogP contribution in [0.4, 0.5) is 45.5 Å². The van der Waals surface area contributed by atoms with Crippen LogP contribution in [0.5, 0.6) is 0 Å². The van der Waals surface area contributed by atoms with E-state index < -0.39 is 5.41 Å². The summed E-state index contributed by atoms with van der Waals surface area (Å²) in [6.07, 6.45) is 2.29. The Morgan fingerprint density at radius 1 is 0.434 bits per heavy atom. The van der Waals surface area contributed by atoms with Gasteiger partial charge in [0.1, 0.15) is 11.2 Å². The molecular weight excluding hydrogens is 1010 g/mol. The standard InChI is InChI=1S/C78H70BN3O/c1-47-41-63-64(77(10,11)40-39-76(63,8)9)45-67(47)82-68-46-71-57(55-23-14-19-30-70(55)83-71)44-56(68)58-42-52(80(50-35-31-48(32-36-50)74(2,3)4)51-37-33-49(34-38-51)75(5,6)7)43-69-72(58)79(82)65-28-20-27-62-73(65)81(69)66-29-18-17-26-61(66)78(62)59-24-15-12-21-53(59)54-22-13-16-25-60(54)78/h12-38,41-46H,39-40H2,1-11H3. The zero-order chi connectivity index (χ0) is 56.9. The Labute approximate surface area is 490 Å². The van der Waals surface area contributed by atoms with Crippen LogP contribution >= 0.6 is 0 Å². The van der Waals surface area contributed by atoms with Crippen molar-refractivity contribution < 1.29 is 4.42 Å². The van der Waals surface area contributed by atoms with Crippen LogP contribution in [0.15, 0.2) is 205 Å². The molecule has 0 saturated heterocycles. The van der Waals surface area contributed by atoms with Gasteiger partial charge < -0.3 is 19.0 Å². The van der Waals surface area contributed by atoms with E-state index in [9.17, 15) is 0 Å². The van der Waals surface area contributed by atoms with Crippen molar-refractivity contribution in [3.8, 4) is 22.3 Å². The van der Waals surface area contributed by atoms with Gasteiger partial charge >= 0.3 is 6.85 Å². The molecule has 83 heavy (non-hydrogen) atoms. The van der Waals surface area contributed by atoms with E-state index in [1.807, 2.05) is 0 Å². The molecule has 0 atom stereocenters. The van der Waals surface area contributed by atoms with E-state index >= 15 is 0 Å². The van der Waals surface area contributed by atoms with Crippen LogP contribution in [0, 0.1) is 6.92 Å². The Hall–Kier alpha value is -8.54. The summed E-state index contributed by atoms with van der Waals surface area (Å²) in [5, 5.41) is 2.25. The first kappa shape index (κ1) is 50.2. The Bertz CT molecular complexity index is 4460. The van der Waals surface area contributed by atoms with Crippen molar-refractivity contribution in [3.05, 3.63) is 250 Å². The second-order valence-electron chi connectivity index (χ2n) is 28.0. The lowest BCUT2D eigenvalue weighted by atomic mass is 9.42. The lowest BCUT2D eigenvalue weighted by molar-refractivity contribution is 0.332. The lowest BCUT2D eigenvalue weighted by Gasteiger charge is -2.52. The van der Waals surface area contributed by atoms with Gasteiger partial charge in [0.15, 0.2) is 0 Å². The smallest absolute Gasteiger partial charge is 0.333 e. The van der Waals surface area contributed by atoms with Crippen LogP contribution in [0.2, 0.25) is 0 Å². The zero-order valence-corrected chi connectivity index (χ0v) is 49.8. The number of benzene rings is 10. The minimum atomic E-state index is -0.589. The normalized spacial score (nSPS) is 16.3. The van der Waals surface area contributed by atoms with E-state index in [2.05, 4.69) is 291 Å². The monoisotopic (exact) mass is 1080 g/mol. The fourth-order valence-corrected chi connectivity index (χ4v) is 15.7. The number of anilines is 8. The van der Waals surface area contributed by atoms with Gasteiger partial charge in [0, 0.05) is 62.2 Å². The molecule has 1 spiro atoms. The molecule has 2 aliphatic carbocycles. The van der Waals surface area contributed by atoms with E-state index in [1.165, 1.54) is 106 Å². The van der Waals surface area contributed by atoms with Crippen LogP contribution in [-0.2, 0) is 27.1 Å². The average molecular weight is 1080 g/mol. The van der Waals surface area contributed by atoms with Gasteiger partial charge in [-0.3, -0.25) is 0 Å². The van der Waals surface area contributed by atoms with Gasteiger partial charge in [-0.2, -0.15) is 0 Å². The van der Waals surface area contributed by atoms with Crippen molar-refractivity contribution in [2.45, 2.75) is 116 Å².